The summed E-state index contributed by atoms with van der Waals surface area (Å²) >= 11 is -0.985. The third-order valence-corrected chi connectivity index (χ3v) is 8.12. The van der Waals surface area contributed by atoms with E-state index in [-0.39, 0.29) is 26.5 Å². The lowest BCUT2D eigenvalue weighted by Crippen LogP contribution is -2.28. The maximum Gasteiger partial charge on any atom is 0.417 e. The lowest BCUT2D eigenvalue weighted by Gasteiger charge is -2.17. The summed E-state index contributed by atoms with van der Waals surface area (Å²) in [7, 11) is 0. The molecule has 14 heteroatoms. The van der Waals surface area contributed by atoms with Crippen LogP contribution in [-0.2, 0) is 30.1 Å². The van der Waals surface area contributed by atoms with Crippen LogP contribution in [0.5, 0.6) is 0 Å². The zero-order valence-corrected chi connectivity index (χ0v) is 23.7. The third kappa shape index (κ3) is 7.46. The maximum absolute atomic E-state index is 14.4. The van der Waals surface area contributed by atoms with Gasteiger partial charge in [0.15, 0.2) is 4.90 Å². The summed E-state index contributed by atoms with van der Waals surface area (Å²) in [4.78, 5) is 13.1. The lowest BCUT2D eigenvalue weighted by molar-refractivity contribution is -0.138. The van der Waals surface area contributed by atoms with E-state index in [2.05, 4.69) is 0 Å². The molecule has 0 spiro atoms. The van der Waals surface area contributed by atoms with Crippen LogP contribution in [0.3, 0.4) is 0 Å². The van der Waals surface area contributed by atoms with E-state index in [1.807, 2.05) is 0 Å². The molecule has 0 radical (unpaired) electrons. The molecule has 2 aromatic carbocycles. The standard InChI is InChI=1S/C26H14F8N2O2S2.C3H6/c1-40(38)23-5-3-15(25(29,30)31)7-17(23)14-6-22(39-12-14)21-9-19(26(32,33)34)18(10-35)24(37)36(21)11-13-2-4-16(27)8-20(13)28;1-2-3-1/h2-9,12H,11H2,1H3;1-3H2. The van der Waals surface area contributed by atoms with Crippen LogP contribution in [0.1, 0.15) is 41.5 Å². The molecule has 4 nitrogen and oxygen atoms in total. The van der Waals surface area contributed by atoms with Crippen LogP contribution in [0.15, 0.2) is 63.6 Å². The number of aromatic nitrogens is 1. The average molecular weight is 645 g/mol. The van der Waals surface area contributed by atoms with Crippen molar-refractivity contribution < 1.29 is 39.7 Å². The number of thiophene rings is 1. The van der Waals surface area contributed by atoms with Crippen LogP contribution in [-0.4, -0.2) is 15.4 Å². The summed E-state index contributed by atoms with van der Waals surface area (Å²) in [6.45, 7) is -0.686. The fourth-order valence-corrected chi connectivity index (χ4v) is 5.63. The number of hydrogen-bond donors (Lipinski definition) is 0. The number of rotatable bonds is 5. The smallest absolute Gasteiger partial charge is 0.417 e. The van der Waals surface area contributed by atoms with E-state index in [1.54, 1.807) is 0 Å². The minimum atomic E-state index is -5.13. The molecule has 0 aliphatic heterocycles. The molecule has 1 atom stereocenters. The van der Waals surface area contributed by atoms with E-state index in [4.69, 9.17) is 0 Å². The van der Waals surface area contributed by atoms with Crippen molar-refractivity contribution in [2.24, 2.45) is 0 Å². The van der Waals surface area contributed by atoms with Gasteiger partial charge < -0.3 is 9.12 Å². The second-order valence-corrected chi connectivity index (χ2v) is 11.7. The molecule has 1 saturated carbocycles. The van der Waals surface area contributed by atoms with E-state index < -0.39 is 69.7 Å². The largest absolute Gasteiger partial charge is 0.612 e. The Morgan fingerprint density at radius 2 is 1.65 bits per heavy atom. The van der Waals surface area contributed by atoms with Crippen LogP contribution in [0.2, 0.25) is 0 Å². The van der Waals surface area contributed by atoms with Gasteiger partial charge in [-0.2, -0.15) is 31.6 Å². The highest BCUT2D eigenvalue weighted by atomic mass is 32.2. The number of pyridine rings is 1. The van der Waals surface area contributed by atoms with Gasteiger partial charge in [0.25, 0.3) is 5.56 Å². The number of nitriles is 1. The van der Waals surface area contributed by atoms with E-state index in [1.165, 1.54) is 43.0 Å². The van der Waals surface area contributed by atoms with Crippen LogP contribution in [0.4, 0.5) is 35.1 Å². The lowest BCUT2D eigenvalue weighted by atomic mass is 10.0. The van der Waals surface area contributed by atoms with Gasteiger partial charge in [0.2, 0.25) is 0 Å². The van der Waals surface area contributed by atoms with Gasteiger partial charge in [-0.3, -0.25) is 4.79 Å². The fourth-order valence-electron chi connectivity index (χ4n) is 3.95. The maximum atomic E-state index is 14.4. The predicted octanol–water partition coefficient (Wildman–Crippen LogP) is 8.39. The Morgan fingerprint density at radius 1 is 0.977 bits per heavy atom. The second-order valence-electron chi connectivity index (χ2n) is 9.48. The molecular weight excluding hydrogens is 624 g/mol. The fraction of sp³-hybridized carbons (Fsp3) is 0.241. The van der Waals surface area contributed by atoms with Gasteiger partial charge in [0.1, 0.15) is 29.5 Å². The highest BCUT2D eigenvalue weighted by Crippen LogP contribution is 2.40. The zero-order chi connectivity index (χ0) is 31.7. The molecule has 0 N–H and O–H groups in total. The van der Waals surface area contributed by atoms with E-state index >= 15 is 0 Å². The summed E-state index contributed by atoms with van der Waals surface area (Å²) in [6, 6.07) is 7.85. The van der Waals surface area contributed by atoms with E-state index in [0.29, 0.717) is 16.7 Å². The van der Waals surface area contributed by atoms with Gasteiger partial charge in [-0.15, -0.1) is 11.3 Å². The summed E-state index contributed by atoms with van der Waals surface area (Å²) in [5, 5.41) is 10.6. The van der Waals surface area contributed by atoms with Gasteiger partial charge >= 0.3 is 12.4 Å². The Labute approximate surface area is 247 Å². The highest BCUT2D eigenvalue weighted by molar-refractivity contribution is 7.90. The third-order valence-electron chi connectivity index (χ3n) is 6.19. The van der Waals surface area contributed by atoms with Crippen molar-refractivity contribution >= 4 is 22.5 Å². The van der Waals surface area contributed by atoms with Crippen molar-refractivity contribution in [3.05, 3.63) is 98.2 Å². The van der Waals surface area contributed by atoms with Crippen molar-refractivity contribution in [1.82, 2.24) is 4.57 Å². The summed E-state index contributed by atoms with van der Waals surface area (Å²) in [5.41, 5.74) is -5.98. The normalized spacial score (nSPS) is 13.6. The Kier molecular flexibility index (Phi) is 9.39. The molecule has 1 unspecified atom stereocenters. The molecule has 2 heterocycles. The number of alkyl halides is 6. The first-order valence-electron chi connectivity index (χ1n) is 12.4. The van der Waals surface area contributed by atoms with E-state index in [0.717, 1.165) is 41.7 Å². The van der Waals surface area contributed by atoms with Crippen molar-refractivity contribution in [2.45, 2.75) is 43.1 Å². The molecular formula is C29H20F8N2O2S2. The van der Waals surface area contributed by atoms with Crippen LogP contribution >= 0.6 is 11.3 Å². The Bertz CT molecular complexity index is 1750. The first kappa shape index (κ1) is 32.2. The quantitative estimate of drug-likeness (QED) is 0.162. The molecule has 1 fully saturated rings. The highest BCUT2D eigenvalue weighted by Gasteiger charge is 2.37. The number of nitrogens with zero attached hydrogens (tertiary/aromatic N) is 2. The predicted molar refractivity (Wildman–Crippen MR) is 146 cm³/mol. The first-order chi connectivity index (χ1) is 20.1. The molecule has 226 valence electrons. The average Bonchev–Trinajstić information content (AvgIpc) is 3.73. The Balaban J connectivity index is 0.00000133. The second kappa shape index (κ2) is 12.5. The van der Waals surface area contributed by atoms with Gasteiger partial charge in [-0.05, 0) is 58.5 Å². The monoisotopic (exact) mass is 644 g/mol. The molecule has 43 heavy (non-hydrogen) atoms. The van der Waals surface area contributed by atoms with Gasteiger partial charge in [0, 0.05) is 17.2 Å². The molecule has 2 aromatic heterocycles. The molecule has 0 bridgehead atoms. The number of halogens is 8. The molecule has 4 aromatic rings. The summed E-state index contributed by atoms with van der Waals surface area (Å²) in [5.74, 6) is -2.03. The minimum absolute atomic E-state index is 0.0268. The van der Waals surface area contributed by atoms with Crippen molar-refractivity contribution in [2.75, 3.05) is 6.26 Å². The van der Waals surface area contributed by atoms with Crippen LogP contribution in [0.25, 0.3) is 21.7 Å². The number of hydrogen-bond acceptors (Lipinski definition) is 4. The van der Waals surface area contributed by atoms with Crippen molar-refractivity contribution in [3.63, 3.8) is 0 Å². The number of benzene rings is 2. The summed E-state index contributed by atoms with van der Waals surface area (Å²) in [6.07, 6.45) is -4.13. The van der Waals surface area contributed by atoms with Gasteiger partial charge in [0.05, 0.1) is 28.2 Å². The first-order valence-corrected chi connectivity index (χ1v) is 14.9. The molecule has 0 saturated heterocycles. The molecule has 5 rings (SSSR count). The van der Waals surface area contributed by atoms with Crippen LogP contribution < -0.4 is 5.56 Å². The Morgan fingerprint density at radius 3 is 2.19 bits per heavy atom. The van der Waals surface area contributed by atoms with Crippen molar-refractivity contribution in [3.8, 4) is 27.8 Å². The van der Waals surface area contributed by atoms with E-state index in [9.17, 15) is 49.7 Å². The molecule has 1 aliphatic rings. The molecule has 1 aliphatic carbocycles. The molecule has 0 amide bonds. The van der Waals surface area contributed by atoms with Gasteiger partial charge in [-0.1, -0.05) is 25.3 Å². The topological polar surface area (TPSA) is 68.8 Å². The minimum Gasteiger partial charge on any atom is -0.612 e. The summed E-state index contributed by atoms with van der Waals surface area (Å²) < 4.78 is 122. The Hall–Kier alpha value is -3.67. The zero-order valence-electron chi connectivity index (χ0n) is 22.1. The van der Waals surface area contributed by atoms with Crippen LogP contribution in [0, 0.1) is 23.0 Å². The van der Waals surface area contributed by atoms with Crippen molar-refractivity contribution in [1.29, 1.82) is 5.26 Å². The van der Waals surface area contributed by atoms with Gasteiger partial charge in [-0.25, -0.2) is 8.78 Å². The SMILES string of the molecule is C1CC1.C[S+]([O-])c1ccc(C(F)(F)F)cc1-c1csc(-c2cc(C(F)(F)F)c(C#N)c(=O)n2Cc2ccc(F)cc2F)c1.